The number of nitrogens with one attached hydrogen (secondary N) is 1. The molecule has 0 bridgehead atoms. The maximum atomic E-state index is 12.7. The van der Waals surface area contributed by atoms with Crippen LogP contribution in [0.4, 0.5) is 9.52 Å². The first-order valence-electron chi connectivity index (χ1n) is 4.64. The van der Waals surface area contributed by atoms with Gasteiger partial charge in [-0.05, 0) is 24.3 Å². The van der Waals surface area contributed by atoms with Gasteiger partial charge in [0.15, 0.2) is 0 Å². The summed E-state index contributed by atoms with van der Waals surface area (Å²) in [6.45, 7) is 0. The summed E-state index contributed by atoms with van der Waals surface area (Å²) in [5.74, 6) is -0.492. The van der Waals surface area contributed by atoms with Crippen molar-refractivity contribution >= 4 is 34.0 Å². The number of aromatic nitrogens is 2. The summed E-state index contributed by atoms with van der Waals surface area (Å²) >= 11 is 6.76. The molecular weight excluding hydrogens is 265 g/mol. The lowest BCUT2D eigenvalue weighted by atomic mass is 10.2. The van der Waals surface area contributed by atoms with E-state index in [9.17, 15) is 9.18 Å². The molecule has 0 radical (unpaired) electrons. The minimum absolute atomic E-state index is 0.254. The first-order chi connectivity index (χ1) is 8.19. The van der Waals surface area contributed by atoms with Crippen molar-refractivity contribution in [3.05, 3.63) is 40.7 Å². The SMILES string of the molecule is O=C(Nc1nnc(CCl)s1)c1ccc(F)cc1. The van der Waals surface area contributed by atoms with Crippen LogP contribution in [0.25, 0.3) is 0 Å². The third kappa shape index (κ3) is 2.98. The van der Waals surface area contributed by atoms with Crippen molar-refractivity contribution in [2.45, 2.75) is 5.88 Å². The van der Waals surface area contributed by atoms with Crippen LogP contribution in [0, 0.1) is 5.82 Å². The molecule has 0 fully saturated rings. The Hall–Kier alpha value is -1.53. The van der Waals surface area contributed by atoms with Crippen LogP contribution in [0.15, 0.2) is 24.3 Å². The molecule has 88 valence electrons. The fourth-order valence-electron chi connectivity index (χ4n) is 1.13. The maximum absolute atomic E-state index is 12.7. The maximum Gasteiger partial charge on any atom is 0.257 e. The highest BCUT2D eigenvalue weighted by atomic mass is 35.5. The Morgan fingerprint density at radius 1 is 1.35 bits per heavy atom. The molecule has 0 saturated carbocycles. The van der Waals surface area contributed by atoms with E-state index in [2.05, 4.69) is 15.5 Å². The Morgan fingerprint density at radius 2 is 2.06 bits per heavy atom. The Labute approximate surface area is 105 Å². The van der Waals surface area contributed by atoms with Crippen LogP contribution < -0.4 is 5.32 Å². The van der Waals surface area contributed by atoms with Crippen LogP contribution in [0.5, 0.6) is 0 Å². The fourth-order valence-corrected chi connectivity index (χ4v) is 1.93. The first-order valence-corrected chi connectivity index (χ1v) is 5.99. The molecular formula is C10H7ClFN3OS. The zero-order valence-electron chi connectivity index (χ0n) is 8.48. The van der Waals surface area contributed by atoms with E-state index in [-0.39, 0.29) is 17.6 Å². The Bertz CT molecular complexity index is 529. The van der Waals surface area contributed by atoms with E-state index in [4.69, 9.17) is 11.6 Å². The number of carbonyl (C=O) groups is 1. The van der Waals surface area contributed by atoms with Gasteiger partial charge in [-0.2, -0.15) is 0 Å². The number of hydrogen-bond acceptors (Lipinski definition) is 4. The van der Waals surface area contributed by atoms with Crippen molar-refractivity contribution in [3.63, 3.8) is 0 Å². The molecule has 0 spiro atoms. The molecule has 0 aliphatic rings. The molecule has 1 aromatic heterocycles. The van der Waals surface area contributed by atoms with Crippen molar-refractivity contribution in [3.8, 4) is 0 Å². The third-order valence-corrected chi connectivity index (χ3v) is 3.16. The van der Waals surface area contributed by atoms with Crippen LogP contribution in [0.1, 0.15) is 15.4 Å². The summed E-state index contributed by atoms with van der Waals surface area (Å²) in [5, 5.41) is 11.1. The summed E-state index contributed by atoms with van der Waals surface area (Å²) in [7, 11) is 0. The van der Waals surface area contributed by atoms with Gasteiger partial charge in [-0.3, -0.25) is 10.1 Å². The van der Waals surface area contributed by atoms with Gasteiger partial charge in [0.05, 0.1) is 5.88 Å². The van der Waals surface area contributed by atoms with Crippen LogP contribution in [0.3, 0.4) is 0 Å². The number of halogens is 2. The Balaban J connectivity index is 2.08. The van der Waals surface area contributed by atoms with E-state index in [0.29, 0.717) is 15.7 Å². The Kier molecular flexibility index (Phi) is 3.65. The lowest BCUT2D eigenvalue weighted by Crippen LogP contribution is -2.11. The van der Waals surface area contributed by atoms with E-state index >= 15 is 0 Å². The number of nitrogens with zero attached hydrogens (tertiary/aromatic N) is 2. The van der Waals surface area contributed by atoms with Gasteiger partial charge in [0, 0.05) is 5.56 Å². The van der Waals surface area contributed by atoms with Crippen molar-refractivity contribution in [2.75, 3.05) is 5.32 Å². The third-order valence-electron chi connectivity index (χ3n) is 1.91. The first kappa shape index (κ1) is 11.9. The molecule has 4 nitrogen and oxygen atoms in total. The summed E-state index contributed by atoms with van der Waals surface area (Å²) in [6, 6.07) is 5.24. The van der Waals surface area contributed by atoms with E-state index < -0.39 is 0 Å². The summed E-state index contributed by atoms with van der Waals surface area (Å²) in [6.07, 6.45) is 0. The van der Waals surface area contributed by atoms with Crippen LogP contribution in [-0.2, 0) is 5.88 Å². The smallest absolute Gasteiger partial charge is 0.257 e. The second-order valence-electron chi connectivity index (χ2n) is 3.10. The standard InChI is InChI=1S/C10H7ClFN3OS/c11-5-8-14-15-10(17-8)13-9(16)6-1-3-7(12)4-2-6/h1-4H,5H2,(H,13,15,16). The van der Waals surface area contributed by atoms with Crippen molar-refractivity contribution < 1.29 is 9.18 Å². The lowest BCUT2D eigenvalue weighted by Gasteiger charge is -2.00. The van der Waals surface area contributed by atoms with Gasteiger partial charge >= 0.3 is 0 Å². The average Bonchev–Trinajstić information content (AvgIpc) is 2.77. The number of carbonyl (C=O) groups excluding carboxylic acids is 1. The number of rotatable bonds is 3. The molecule has 1 aromatic carbocycles. The molecule has 1 N–H and O–H groups in total. The van der Waals surface area contributed by atoms with E-state index in [1.807, 2.05) is 0 Å². The molecule has 0 aliphatic heterocycles. The molecule has 1 heterocycles. The van der Waals surface area contributed by atoms with E-state index in [0.717, 1.165) is 0 Å². The zero-order chi connectivity index (χ0) is 12.3. The minimum Gasteiger partial charge on any atom is -0.296 e. The van der Waals surface area contributed by atoms with Crippen molar-refractivity contribution in [1.29, 1.82) is 0 Å². The summed E-state index contributed by atoms with van der Waals surface area (Å²) in [4.78, 5) is 11.7. The number of benzene rings is 1. The number of alkyl halides is 1. The Morgan fingerprint density at radius 3 is 2.65 bits per heavy atom. The molecule has 2 rings (SSSR count). The molecule has 2 aromatic rings. The number of anilines is 1. The highest BCUT2D eigenvalue weighted by molar-refractivity contribution is 7.15. The monoisotopic (exact) mass is 271 g/mol. The molecule has 0 unspecified atom stereocenters. The van der Waals surface area contributed by atoms with Gasteiger partial charge in [0.2, 0.25) is 5.13 Å². The fraction of sp³-hybridized carbons (Fsp3) is 0.100. The molecule has 0 aliphatic carbocycles. The molecule has 0 saturated heterocycles. The molecule has 17 heavy (non-hydrogen) atoms. The van der Waals surface area contributed by atoms with Crippen LogP contribution in [0.2, 0.25) is 0 Å². The van der Waals surface area contributed by atoms with Gasteiger partial charge in [-0.1, -0.05) is 11.3 Å². The van der Waals surface area contributed by atoms with Gasteiger partial charge in [0.1, 0.15) is 10.8 Å². The number of hydrogen-bond donors (Lipinski definition) is 1. The van der Waals surface area contributed by atoms with Crippen LogP contribution >= 0.6 is 22.9 Å². The molecule has 7 heteroatoms. The second kappa shape index (κ2) is 5.20. The van der Waals surface area contributed by atoms with Crippen molar-refractivity contribution in [2.24, 2.45) is 0 Å². The molecule has 1 amide bonds. The lowest BCUT2D eigenvalue weighted by molar-refractivity contribution is 0.102. The van der Waals surface area contributed by atoms with Gasteiger partial charge in [0.25, 0.3) is 5.91 Å². The predicted octanol–water partition coefficient (Wildman–Crippen LogP) is 2.67. The highest BCUT2D eigenvalue weighted by Gasteiger charge is 2.09. The normalized spacial score (nSPS) is 10.2. The van der Waals surface area contributed by atoms with Gasteiger partial charge in [-0.25, -0.2) is 4.39 Å². The highest BCUT2D eigenvalue weighted by Crippen LogP contribution is 2.17. The van der Waals surface area contributed by atoms with E-state index in [1.54, 1.807) is 0 Å². The number of amides is 1. The van der Waals surface area contributed by atoms with Gasteiger partial charge < -0.3 is 0 Å². The quantitative estimate of drug-likeness (QED) is 0.873. The second-order valence-corrected chi connectivity index (χ2v) is 4.42. The summed E-state index contributed by atoms with van der Waals surface area (Å²) in [5.41, 5.74) is 0.356. The van der Waals surface area contributed by atoms with E-state index in [1.165, 1.54) is 35.6 Å². The van der Waals surface area contributed by atoms with Gasteiger partial charge in [-0.15, -0.1) is 21.8 Å². The molecule has 0 atom stereocenters. The topological polar surface area (TPSA) is 54.9 Å². The predicted molar refractivity (Wildman–Crippen MR) is 63.8 cm³/mol. The zero-order valence-corrected chi connectivity index (χ0v) is 10.1. The summed E-state index contributed by atoms with van der Waals surface area (Å²) < 4.78 is 12.7. The average molecular weight is 272 g/mol. The van der Waals surface area contributed by atoms with Crippen LogP contribution in [-0.4, -0.2) is 16.1 Å². The largest absolute Gasteiger partial charge is 0.296 e. The minimum atomic E-state index is -0.387. The van der Waals surface area contributed by atoms with Crippen molar-refractivity contribution in [1.82, 2.24) is 10.2 Å².